The Bertz CT molecular complexity index is 426. The Kier molecular flexibility index (Phi) is 6.48. The SMILES string of the molecule is CCOC(OCC)C(=O)Cc1c(Cl)c(C)nn1CC. The Morgan fingerprint density at radius 3 is 2.37 bits per heavy atom. The fourth-order valence-electron chi connectivity index (χ4n) is 1.82. The molecule has 0 fully saturated rings. The lowest BCUT2D eigenvalue weighted by Gasteiger charge is -2.15. The summed E-state index contributed by atoms with van der Waals surface area (Å²) in [6.45, 7) is 8.96. The number of carbonyl (C=O) groups is 1. The Morgan fingerprint density at radius 2 is 1.89 bits per heavy atom. The normalized spacial score (nSPS) is 11.3. The number of halogens is 1. The molecule has 5 nitrogen and oxygen atoms in total. The topological polar surface area (TPSA) is 53.4 Å². The van der Waals surface area contributed by atoms with Gasteiger partial charge in [-0.25, -0.2) is 0 Å². The van der Waals surface area contributed by atoms with Gasteiger partial charge in [-0.15, -0.1) is 0 Å². The van der Waals surface area contributed by atoms with Gasteiger partial charge in [0, 0.05) is 19.8 Å². The summed E-state index contributed by atoms with van der Waals surface area (Å²) >= 11 is 6.18. The van der Waals surface area contributed by atoms with Crippen LogP contribution in [0, 0.1) is 6.92 Å². The van der Waals surface area contributed by atoms with Crippen LogP contribution < -0.4 is 0 Å². The molecular formula is C13H21ClN2O3. The van der Waals surface area contributed by atoms with Crippen LogP contribution in [0.4, 0.5) is 0 Å². The predicted octanol–water partition coefficient (Wildman–Crippen LogP) is 2.38. The largest absolute Gasteiger partial charge is 0.346 e. The molecule has 0 amide bonds. The maximum absolute atomic E-state index is 12.2. The number of Topliss-reactive ketones (excluding diaryl/α,β-unsaturated/α-hetero) is 1. The van der Waals surface area contributed by atoms with Gasteiger partial charge in [0.25, 0.3) is 0 Å². The predicted molar refractivity (Wildman–Crippen MR) is 73.4 cm³/mol. The van der Waals surface area contributed by atoms with Gasteiger partial charge in [-0.2, -0.15) is 5.10 Å². The van der Waals surface area contributed by atoms with E-state index in [1.807, 2.05) is 27.7 Å². The van der Waals surface area contributed by atoms with Crippen molar-refractivity contribution in [3.05, 3.63) is 16.4 Å². The highest BCUT2D eigenvalue weighted by Crippen LogP contribution is 2.21. The number of rotatable bonds is 8. The summed E-state index contributed by atoms with van der Waals surface area (Å²) < 4.78 is 12.3. The number of ether oxygens (including phenoxy) is 2. The number of hydrogen-bond acceptors (Lipinski definition) is 4. The monoisotopic (exact) mass is 288 g/mol. The van der Waals surface area contributed by atoms with Gasteiger partial charge in [-0.05, 0) is 27.7 Å². The maximum Gasteiger partial charge on any atom is 0.218 e. The van der Waals surface area contributed by atoms with Crippen molar-refractivity contribution in [2.45, 2.75) is 47.0 Å². The van der Waals surface area contributed by atoms with Crippen molar-refractivity contribution in [1.82, 2.24) is 9.78 Å². The fraction of sp³-hybridized carbons (Fsp3) is 0.692. The quantitative estimate of drug-likeness (QED) is 0.689. The van der Waals surface area contributed by atoms with Crippen LogP contribution in [0.15, 0.2) is 0 Å². The van der Waals surface area contributed by atoms with Gasteiger partial charge in [-0.1, -0.05) is 11.6 Å². The van der Waals surface area contributed by atoms with Gasteiger partial charge in [0.15, 0.2) is 5.78 Å². The second-order valence-electron chi connectivity index (χ2n) is 4.05. The minimum absolute atomic E-state index is 0.139. The van der Waals surface area contributed by atoms with Crippen molar-refractivity contribution in [2.75, 3.05) is 13.2 Å². The van der Waals surface area contributed by atoms with Gasteiger partial charge >= 0.3 is 0 Å². The van der Waals surface area contributed by atoms with Crippen LogP contribution in [-0.4, -0.2) is 35.1 Å². The first-order valence-electron chi connectivity index (χ1n) is 6.52. The van der Waals surface area contributed by atoms with Crippen molar-refractivity contribution >= 4 is 17.4 Å². The lowest BCUT2D eigenvalue weighted by Crippen LogP contribution is -2.29. The Balaban J connectivity index is 2.85. The van der Waals surface area contributed by atoms with Crippen molar-refractivity contribution in [3.63, 3.8) is 0 Å². The molecule has 6 heteroatoms. The van der Waals surface area contributed by atoms with E-state index in [1.54, 1.807) is 4.68 Å². The first-order chi connectivity index (χ1) is 9.04. The van der Waals surface area contributed by atoms with Gasteiger partial charge in [0.2, 0.25) is 6.29 Å². The number of aryl methyl sites for hydroxylation is 2. The standard InChI is InChI=1S/C13H21ClN2O3/c1-5-16-10(12(14)9(4)15-16)8-11(17)13(18-6-2)19-7-3/h13H,5-8H2,1-4H3. The lowest BCUT2D eigenvalue weighted by atomic mass is 10.2. The van der Waals surface area contributed by atoms with Crippen LogP contribution in [0.25, 0.3) is 0 Å². The summed E-state index contributed by atoms with van der Waals surface area (Å²) in [5, 5.41) is 4.83. The van der Waals surface area contributed by atoms with Crippen molar-refractivity contribution in [2.24, 2.45) is 0 Å². The van der Waals surface area contributed by atoms with E-state index in [1.165, 1.54) is 0 Å². The highest BCUT2D eigenvalue weighted by atomic mass is 35.5. The molecule has 0 atom stereocenters. The molecule has 0 radical (unpaired) electrons. The van der Waals surface area contributed by atoms with E-state index >= 15 is 0 Å². The molecule has 108 valence electrons. The molecule has 1 aromatic heterocycles. The highest BCUT2D eigenvalue weighted by molar-refractivity contribution is 6.32. The number of aromatic nitrogens is 2. The van der Waals surface area contributed by atoms with Gasteiger partial charge in [0.05, 0.1) is 22.8 Å². The molecule has 0 N–H and O–H groups in total. The summed E-state index contributed by atoms with van der Waals surface area (Å²) in [5.41, 5.74) is 1.45. The zero-order valence-electron chi connectivity index (χ0n) is 11.9. The molecule has 0 bridgehead atoms. The molecule has 0 spiro atoms. The molecule has 1 aromatic rings. The molecule has 0 saturated carbocycles. The summed E-state index contributed by atoms with van der Waals surface area (Å²) in [5.74, 6) is -0.139. The summed E-state index contributed by atoms with van der Waals surface area (Å²) in [4.78, 5) is 12.2. The first-order valence-corrected chi connectivity index (χ1v) is 6.90. The first kappa shape index (κ1) is 16.1. The molecule has 0 aromatic carbocycles. The molecule has 0 aliphatic carbocycles. The van der Waals surface area contributed by atoms with Crippen LogP contribution in [0.1, 0.15) is 32.2 Å². The molecule has 0 aliphatic rings. The molecule has 0 saturated heterocycles. The van der Waals surface area contributed by atoms with Crippen LogP contribution >= 0.6 is 11.6 Å². The van der Waals surface area contributed by atoms with E-state index in [9.17, 15) is 4.79 Å². The van der Waals surface area contributed by atoms with Gasteiger partial charge in [0.1, 0.15) is 0 Å². The smallest absolute Gasteiger partial charge is 0.218 e. The van der Waals surface area contributed by atoms with Crippen molar-refractivity contribution in [3.8, 4) is 0 Å². The molecule has 1 rings (SSSR count). The summed E-state index contributed by atoms with van der Waals surface area (Å²) in [7, 11) is 0. The van der Waals surface area contributed by atoms with Gasteiger partial charge < -0.3 is 9.47 Å². The summed E-state index contributed by atoms with van der Waals surface area (Å²) in [6.07, 6.45) is -0.662. The van der Waals surface area contributed by atoms with Crippen LogP contribution in [0.2, 0.25) is 5.02 Å². The van der Waals surface area contributed by atoms with E-state index < -0.39 is 6.29 Å². The molecule has 19 heavy (non-hydrogen) atoms. The zero-order valence-corrected chi connectivity index (χ0v) is 12.7. The average molecular weight is 289 g/mol. The van der Waals surface area contributed by atoms with Gasteiger partial charge in [-0.3, -0.25) is 9.48 Å². The molecular weight excluding hydrogens is 268 g/mol. The second kappa shape index (κ2) is 7.62. The Hall–Kier alpha value is -0.910. The van der Waals surface area contributed by atoms with Crippen molar-refractivity contribution in [1.29, 1.82) is 0 Å². The zero-order chi connectivity index (χ0) is 14.4. The lowest BCUT2D eigenvalue weighted by molar-refractivity contribution is -0.167. The van der Waals surface area contributed by atoms with E-state index in [2.05, 4.69) is 5.10 Å². The number of ketones is 1. The third-order valence-electron chi connectivity index (χ3n) is 2.69. The van der Waals surface area contributed by atoms with E-state index in [4.69, 9.17) is 21.1 Å². The third kappa shape index (κ3) is 4.03. The Labute approximate surface area is 118 Å². The molecule has 1 heterocycles. The third-order valence-corrected chi connectivity index (χ3v) is 3.19. The Morgan fingerprint density at radius 1 is 1.32 bits per heavy atom. The fourth-order valence-corrected chi connectivity index (χ4v) is 2.03. The second-order valence-corrected chi connectivity index (χ2v) is 4.43. The number of nitrogens with zero attached hydrogens (tertiary/aromatic N) is 2. The molecule has 0 unspecified atom stereocenters. The number of hydrogen-bond donors (Lipinski definition) is 0. The minimum Gasteiger partial charge on any atom is -0.346 e. The maximum atomic E-state index is 12.2. The highest BCUT2D eigenvalue weighted by Gasteiger charge is 2.23. The molecule has 0 aliphatic heterocycles. The van der Waals surface area contributed by atoms with E-state index in [0.29, 0.717) is 24.8 Å². The summed E-state index contributed by atoms with van der Waals surface area (Å²) in [6, 6.07) is 0. The minimum atomic E-state index is -0.827. The van der Waals surface area contributed by atoms with Crippen molar-refractivity contribution < 1.29 is 14.3 Å². The number of carbonyl (C=O) groups excluding carboxylic acids is 1. The van der Waals surface area contributed by atoms with Crippen LogP contribution in [0.3, 0.4) is 0 Å². The average Bonchev–Trinajstić information content (AvgIpc) is 2.66. The van der Waals surface area contributed by atoms with Crippen LogP contribution in [0.5, 0.6) is 0 Å². The van der Waals surface area contributed by atoms with E-state index in [0.717, 1.165) is 11.4 Å². The van der Waals surface area contributed by atoms with E-state index in [-0.39, 0.29) is 12.2 Å². The van der Waals surface area contributed by atoms with Crippen LogP contribution in [-0.2, 0) is 27.2 Å².